The van der Waals surface area contributed by atoms with Gasteiger partial charge in [0.25, 0.3) is 0 Å². The Hall–Kier alpha value is 0.150. The van der Waals surface area contributed by atoms with Crippen molar-refractivity contribution in [2.24, 2.45) is 0 Å². The van der Waals surface area contributed by atoms with E-state index >= 15 is 0 Å². The lowest BCUT2D eigenvalue weighted by atomic mass is 10.3. The minimum atomic E-state index is -4.50. The molecule has 0 amide bonds. The molecule has 1 heterocycles. The van der Waals surface area contributed by atoms with Crippen LogP contribution in [0.15, 0.2) is 0 Å². The summed E-state index contributed by atoms with van der Waals surface area (Å²) >= 11 is 3.36. The molecule has 0 aliphatic carbocycles. The average Bonchev–Trinajstić information content (AvgIpc) is 2.19. The van der Waals surface area contributed by atoms with Crippen LogP contribution in [0.3, 0.4) is 0 Å². The van der Waals surface area contributed by atoms with E-state index in [1.54, 1.807) is 0 Å². The molecule has 1 fully saturated rings. The van der Waals surface area contributed by atoms with Crippen LogP contribution >= 0.6 is 15.9 Å². The smallest absolute Gasteiger partial charge is 0.300 e. The van der Waals surface area contributed by atoms with Crippen LogP contribution in [0.5, 0.6) is 0 Å². The molecule has 0 N–H and O–H groups in total. The van der Waals surface area contributed by atoms with Crippen molar-refractivity contribution < 1.29 is 17.9 Å². The summed E-state index contributed by atoms with van der Waals surface area (Å²) < 4.78 is 38.9. The van der Waals surface area contributed by atoms with Gasteiger partial charge in [0.05, 0.1) is 6.61 Å². The molecule has 0 spiro atoms. The Morgan fingerprint density at radius 2 is 1.50 bits per heavy atom. The number of piperazine rings is 1. The predicted octanol–water partition coefficient (Wildman–Crippen LogP) is 1.54. The molecule has 0 saturated carbocycles. The number of ether oxygens (including phenoxy) is 1. The van der Waals surface area contributed by atoms with Gasteiger partial charge in [-0.15, -0.1) is 13.2 Å². The van der Waals surface area contributed by atoms with Crippen molar-refractivity contribution in [2.45, 2.75) is 6.36 Å². The SMILES string of the molecule is FC(F)(F)OCCN1CCN(CCBr)CC1. The molecule has 0 aromatic heterocycles. The second kappa shape index (κ2) is 6.78. The van der Waals surface area contributed by atoms with Crippen molar-refractivity contribution in [3.05, 3.63) is 0 Å². The molecule has 0 radical (unpaired) electrons. The van der Waals surface area contributed by atoms with Gasteiger partial charge in [-0.25, -0.2) is 0 Å². The number of nitrogens with zero attached hydrogens (tertiary/aromatic N) is 2. The summed E-state index contributed by atoms with van der Waals surface area (Å²) in [6.45, 7) is 4.52. The van der Waals surface area contributed by atoms with E-state index < -0.39 is 6.36 Å². The fourth-order valence-electron chi connectivity index (χ4n) is 1.65. The van der Waals surface area contributed by atoms with E-state index in [0.29, 0.717) is 6.54 Å². The van der Waals surface area contributed by atoms with Gasteiger partial charge in [0.2, 0.25) is 0 Å². The highest BCUT2D eigenvalue weighted by atomic mass is 79.9. The standard InChI is InChI=1S/C9H16BrF3N2O/c10-1-2-14-3-5-15(6-4-14)7-8-16-9(11,12)13/h1-8H2. The van der Waals surface area contributed by atoms with E-state index in [-0.39, 0.29) is 6.61 Å². The number of halogens is 4. The first-order valence-corrected chi connectivity index (χ1v) is 6.35. The minimum Gasteiger partial charge on any atom is -0.300 e. The molecule has 16 heavy (non-hydrogen) atoms. The summed E-state index contributed by atoms with van der Waals surface area (Å²) in [5, 5.41) is 0.935. The van der Waals surface area contributed by atoms with E-state index in [9.17, 15) is 13.2 Å². The van der Waals surface area contributed by atoms with Crippen molar-refractivity contribution >= 4 is 15.9 Å². The summed E-state index contributed by atoms with van der Waals surface area (Å²) in [5.41, 5.74) is 0. The summed E-state index contributed by atoms with van der Waals surface area (Å²) in [6.07, 6.45) is -4.50. The van der Waals surface area contributed by atoms with E-state index in [2.05, 4.69) is 25.6 Å². The Bertz CT molecular complexity index is 196. The second-order valence-electron chi connectivity index (χ2n) is 3.67. The van der Waals surface area contributed by atoms with E-state index in [0.717, 1.165) is 38.1 Å². The molecular formula is C9H16BrF3N2O. The first-order chi connectivity index (χ1) is 7.51. The summed E-state index contributed by atoms with van der Waals surface area (Å²) in [6, 6.07) is 0. The monoisotopic (exact) mass is 304 g/mol. The van der Waals surface area contributed by atoms with Crippen LogP contribution in [0.25, 0.3) is 0 Å². The molecule has 0 aromatic carbocycles. The molecule has 96 valence electrons. The van der Waals surface area contributed by atoms with Crippen LogP contribution in [0.1, 0.15) is 0 Å². The van der Waals surface area contributed by atoms with Crippen molar-refractivity contribution in [3.8, 4) is 0 Å². The van der Waals surface area contributed by atoms with E-state index in [4.69, 9.17) is 0 Å². The summed E-state index contributed by atoms with van der Waals surface area (Å²) in [7, 11) is 0. The Morgan fingerprint density at radius 3 is 1.94 bits per heavy atom. The van der Waals surface area contributed by atoms with Gasteiger partial charge in [0.1, 0.15) is 0 Å². The van der Waals surface area contributed by atoms with Crippen LogP contribution in [0.4, 0.5) is 13.2 Å². The number of alkyl halides is 4. The molecular weight excluding hydrogens is 289 g/mol. The minimum absolute atomic E-state index is 0.276. The molecule has 3 nitrogen and oxygen atoms in total. The molecule has 1 aliphatic heterocycles. The fraction of sp³-hybridized carbons (Fsp3) is 1.00. The first kappa shape index (κ1) is 14.2. The lowest BCUT2D eigenvalue weighted by Crippen LogP contribution is -2.47. The Kier molecular flexibility index (Phi) is 6.02. The van der Waals surface area contributed by atoms with E-state index in [1.165, 1.54) is 0 Å². The summed E-state index contributed by atoms with van der Waals surface area (Å²) in [4.78, 5) is 4.28. The Balaban J connectivity index is 2.08. The van der Waals surface area contributed by atoms with Gasteiger partial charge in [0, 0.05) is 44.6 Å². The van der Waals surface area contributed by atoms with Crippen molar-refractivity contribution in [3.63, 3.8) is 0 Å². The first-order valence-electron chi connectivity index (χ1n) is 5.22. The Morgan fingerprint density at radius 1 is 1.00 bits per heavy atom. The molecule has 1 saturated heterocycles. The maximum atomic E-state index is 11.7. The zero-order chi connectivity index (χ0) is 12.0. The van der Waals surface area contributed by atoms with E-state index in [1.807, 2.05) is 4.90 Å². The summed E-state index contributed by atoms with van der Waals surface area (Å²) in [5.74, 6) is 0. The largest absolute Gasteiger partial charge is 0.522 e. The van der Waals surface area contributed by atoms with Crippen LogP contribution in [-0.2, 0) is 4.74 Å². The highest BCUT2D eigenvalue weighted by molar-refractivity contribution is 9.09. The highest BCUT2D eigenvalue weighted by Gasteiger charge is 2.29. The third-order valence-corrected chi connectivity index (χ3v) is 2.89. The van der Waals surface area contributed by atoms with Gasteiger partial charge >= 0.3 is 6.36 Å². The molecule has 0 aromatic rings. The van der Waals surface area contributed by atoms with Crippen LogP contribution in [0, 0.1) is 0 Å². The topological polar surface area (TPSA) is 15.7 Å². The molecule has 7 heteroatoms. The zero-order valence-corrected chi connectivity index (χ0v) is 10.6. The Labute approximate surface area is 102 Å². The molecule has 0 bridgehead atoms. The lowest BCUT2D eigenvalue weighted by molar-refractivity contribution is -0.325. The normalized spacial score (nSPS) is 20.2. The number of rotatable bonds is 5. The third-order valence-electron chi connectivity index (χ3n) is 2.54. The van der Waals surface area contributed by atoms with Crippen LogP contribution in [0.2, 0.25) is 0 Å². The number of hydrogen-bond donors (Lipinski definition) is 0. The van der Waals surface area contributed by atoms with Crippen molar-refractivity contribution in [1.82, 2.24) is 9.80 Å². The van der Waals surface area contributed by atoms with Crippen LogP contribution in [-0.4, -0.2) is 67.4 Å². The van der Waals surface area contributed by atoms with Gasteiger partial charge in [-0.3, -0.25) is 14.5 Å². The number of hydrogen-bond acceptors (Lipinski definition) is 3. The molecule has 0 unspecified atom stereocenters. The average molecular weight is 305 g/mol. The maximum absolute atomic E-state index is 11.7. The van der Waals surface area contributed by atoms with Gasteiger partial charge in [-0.2, -0.15) is 0 Å². The van der Waals surface area contributed by atoms with Crippen molar-refractivity contribution in [1.29, 1.82) is 0 Å². The third kappa shape index (κ3) is 6.03. The maximum Gasteiger partial charge on any atom is 0.522 e. The second-order valence-corrected chi connectivity index (χ2v) is 4.46. The van der Waals surface area contributed by atoms with Gasteiger partial charge in [-0.05, 0) is 0 Å². The van der Waals surface area contributed by atoms with Gasteiger partial charge in [0.15, 0.2) is 0 Å². The zero-order valence-electron chi connectivity index (χ0n) is 8.97. The highest BCUT2D eigenvalue weighted by Crippen LogP contribution is 2.15. The predicted molar refractivity (Wildman–Crippen MR) is 58.7 cm³/mol. The van der Waals surface area contributed by atoms with Gasteiger partial charge < -0.3 is 0 Å². The van der Waals surface area contributed by atoms with Gasteiger partial charge in [-0.1, -0.05) is 15.9 Å². The lowest BCUT2D eigenvalue weighted by Gasteiger charge is -2.34. The molecule has 1 aliphatic rings. The van der Waals surface area contributed by atoms with Crippen molar-refractivity contribution in [2.75, 3.05) is 51.2 Å². The quantitative estimate of drug-likeness (QED) is 0.717. The fourth-order valence-corrected chi connectivity index (χ4v) is 2.15. The molecule has 1 rings (SSSR count). The molecule has 0 atom stereocenters. The van der Waals surface area contributed by atoms with Crippen LogP contribution < -0.4 is 0 Å².